The van der Waals surface area contributed by atoms with Crippen LogP contribution in [-0.2, 0) is 16.9 Å². The van der Waals surface area contributed by atoms with E-state index in [4.69, 9.17) is 0 Å². The van der Waals surface area contributed by atoms with Crippen LogP contribution in [0.4, 0.5) is 18.9 Å². The van der Waals surface area contributed by atoms with Crippen LogP contribution >= 0.6 is 31.9 Å². The van der Waals surface area contributed by atoms with Crippen LogP contribution in [0.3, 0.4) is 0 Å². The van der Waals surface area contributed by atoms with Gasteiger partial charge < -0.3 is 15.7 Å². The topological polar surface area (TPSA) is 61.4 Å². The molecule has 0 saturated heterocycles. The third kappa shape index (κ3) is 5.96. The van der Waals surface area contributed by atoms with Crippen LogP contribution in [0, 0.1) is 6.92 Å². The number of alkyl halides is 3. The maximum absolute atomic E-state index is 13.7. The number of halogens is 5. The van der Waals surface area contributed by atoms with Gasteiger partial charge in [0.2, 0.25) is 11.5 Å². The fourth-order valence-corrected chi connectivity index (χ4v) is 4.01. The quantitative estimate of drug-likeness (QED) is 0.442. The standard InChI is InChI=1S/C20H21Br2F3N2O2/c1-3-18(28)26-10-13-4-5-17(6-12(13)2)27-11-19(29,20(23,24)25)14-7-15(21)9-16(22)8-14/h4-9,27,29H,3,10-11H2,1-2H3,(H,26,28)/t19-/m0/s1. The van der Waals surface area contributed by atoms with Crippen molar-refractivity contribution in [1.29, 1.82) is 0 Å². The lowest BCUT2D eigenvalue weighted by atomic mass is 9.92. The number of carbonyl (C=O) groups excluding carboxylic acids is 1. The van der Waals surface area contributed by atoms with Gasteiger partial charge in [-0.05, 0) is 53.9 Å². The minimum atomic E-state index is -4.89. The first-order chi connectivity index (χ1) is 13.5. The van der Waals surface area contributed by atoms with E-state index in [9.17, 15) is 23.1 Å². The van der Waals surface area contributed by atoms with Gasteiger partial charge in [-0.1, -0.05) is 44.8 Å². The van der Waals surface area contributed by atoms with E-state index in [0.29, 0.717) is 27.6 Å². The van der Waals surface area contributed by atoms with Gasteiger partial charge in [0, 0.05) is 27.6 Å². The molecule has 1 atom stereocenters. The molecule has 0 unspecified atom stereocenters. The Kier molecular flexibility index (Phi) is 7.75. The molecule has 4 nitrogen and oxygen atoms in total. The van der Waals surface area contributed by atoms with Gasteiger partial charge in [-0.15, -0.1) is 0 Å². The summed E-state index contributed by atoms with van der Waals surface area (Å²) in [5.74, 6) is -0.0815. The van der Waals surface area contributed by atoms with Crippen LogP contribution < -0.4 is 10.6 Å². The number of benzene rings is 2. The van der Waals surface area contributed by atoms with E-state index in [2.05, 4.69) is 42.5 Å². The Balaban J connectivity index is 2.22. The van der Waals surface area contributed by atoms with Crippen molar-refractivity contribution >= 4 is 43.5 Å². The van der Waals surface area contributed by atoms with Crippen LogP contribution in [0.5, 0.6) is 0 Å². The van der Waals surface area contributed by atoms with Gasteiger partial charge in [-0.3, -0.25) is 4.79 Å². The van der Waals surface area contributed by atoms with Gasteiger partial charge in [0.15, 0.2) is 0 Å². The molecule has 0 spiro atoms. The van der Waals surface area contributed by atoms with Gasteiger partial charge in [-0.25, -0.2) is 0 Å². The highest BCUT2D eigenvalue weighted by Crippen LogP contribution is 2.41. The number of hydrogen-bond donors (Lipinski definition) is 3. The zero-order chi connectivity index (χ0) is 21.8. The number of aryl methyl sites for hydroxylation is 1. The summed E-state index contributed by atoms with van der Waals surface area (Å²) < 4.78 is 42.1. The summed E-state index contributed by atoms with van der Waals surface area (Å²) in [4.78, 5) is 11.4. The van der Waals surface area contributed by atoms with Gasteiger partial charge in [0.25, 0.3) is 0 Å². The smallest absolute Gasteiger partial charge is 0.381 e. The van der Waals surface area contributed by atoms with Crippen LogP contribution in [0.15, 0.2) is 45.3 Å². The third-order valence-electron chi connectivity index (χ3n) is 4.50. The second-order valence-corrected chi connectivity index (χ2v) is 8.47. The first-order valence-corrected chi connectivity index (χ1v) is 10.4. The van der Waals surface area contributed by atoms with Crippen molar-refractivity contribution in [2.75, 3.05) is 11.9 Å². The average Bonchev–Trinajstić information content (AvgIpc) is 2.63. The molecule has 2 aromatic rings. The average molecular weight is 538 g/mol. The molecule has 0 bridgehead atoms. The van der Waals surface area contributed by atoms with Crippen LogP contribution in [-0.4, -0.2) is 23.7 Å². The lowest BCUT2D eigenvalue weighted by Crippen LogP contribution is -2.47. The van der Waals surface area contributed by atoms with Crippen molar-refractivity contribution in [2.45, 2.75) is 38.6 Å². The summed E-state index contributed by atoms with van der Waals surface area (Å²) in [6.07, 6.45) is -4.51. The largest absolute Gasteiger partial charge is 0.423 e. The Morgan fingerprint density at radius 3 is 2.24 bits per heavy atom. The summed E-state index contributed by atoms with van der Waals surface area (Å²) >= 11 is 6.31. The predicted octanol–water partition coefficient (Wildman–Crippen LogP) is 5.41. The highest BCUT2D eigenvalue weighted by molar-refractivity contribution is 9.11. The number of nitrogens with one attached hydrogen (secondary N) is 2. The minimum Gasteiger partial charge on any atom is -0.381 e. The molecule has 9 heteroatoms. The van der Waals surface area contributed by atoms with Gasteiger partial charge in [0.1, 0.15) is 0 Å². The molecular weight excluding hydrogens is 517 g/mol. The molecule has 0 heterocycles. The van der Waals surface area contributed by atoms with Crippen molar-refractivity contribution in [3.63, 3.8) is 0 Å². The molecule has 0 aliphatic rings. The van der Waals surface area contributed by atoms with E-state index in [1.165, 1.54) is 12.1 Å². The normalized spacial score (nSPS) is 13.7. The molecule has 3 N–H and O–H groups in total. The van der Waals surface area contributed by atoms with E-state index in [1.807, 2.05) is 0 Å². The van der Waals surface area contributed by atoms with Crippen molar-refractivity contribution in [3.05, 3.63) is 62.0 Å². The highest BCUT2D eigenvalue weighted by Gasteiger charge is 2.55. The monoisotopic (exact) mass is 536 g/mol. The summed E-state index contributed by atoms with van der Waals surface area (Å²) in [7, 11) is 0. The maximum atomic E-state index is 13.7. The van der Waals surface area contributed by atoms with E-state index in [-0.39, 0.29) is 11.5 Å². The molecule has 2 rings (SSSR count). The Hall–Kier alpha value is -1.58. The number of carbonyl (C=O) groups is 1. The Labute approximate surface area is 184 Å². The molecule has 0 saturated carbocycles. The summed E-state index contributed by atoms with van der Waals surface area (Å²) in [6, 6.07) is 9.10. The van der Waals surface area contributed by atoms with Crippen LogP contribution in [0.2, 0.25) is 0 Å². The van der Waals surface area contributed by atoms with Crippen molar-refractivity contribution < 1.29 is 23.1 Å². The Morgan fingerprint density at radius 1 is 1.10 bits per heavy atom. The maximum Gasteiger partial charge on any atom is 0.423 e. The predicted molar refractivity (Wildman–Crippen MR) is 114 cm³/mol. The Bertz CT molecular complexity index is 870. The van der Waals surface area contributed by atoms with E-state index in [1.54, 1.807) is 38.1 Å². The van der Waals surface area contributed by atoms with Gasteiger partial charge in [0.05, 0.1) is 6.54 Å². The molecule has 2 aromatic carbocycles. The third-order valence-corrected chi connectivity index (χ3v) is 5.41. The second-order valence-electron chi connectivity index (χ2n) is 6.64. The molecule has 158 valence electrons. The van der Waals surface area contributed by atoms with Gasteiger partial charge >= 0.3 is 6.18 Å². The second kappa shape index (κ2) is 9.49. The fourth-order valence-electron chi connectivity index (χ4n) is 2.71. The van der Waals surface area contributed by atoms with Crippen LogP contribution in [0.25, 0.3) is 0 Å². The van der Waals surface area contributed by atoms with Crippen molar-refractivity contribution in [1.82, 2.24) is 5.32 Å². The van der Waals surface area contributed by atoms with Gasteiger partial charge in [-0.2, -0.15) is 13.2 Å². The molecule has 0 aromatic heterocycles. The minimum absolute atomic E-state index is 0.0815. The van der Waals surface area contributed by atoms with E-state index in [0.717, 1.165) is 11.1 Å². The number of anilines is 1. The molecule has 0 fully saturated rings. The summed E-state index contributed by atoms with van der Waals surface area (Å²) in [5.41, 5.74) is -1.26. The molecule has 0 aliphatic heterocycles. The lowest BCUT2D eigenvalue weighted by molar-refractivity contribution is -0.260. The van der Waals surface area contributed by atoms with Crippen molar-refractivity contribution in [2.24, 2.45) is 0 Å². The molecule has 0 aliphatic carbocycles. The lowest BCUT2D eigenvalue weighted by Gasteiger charge is -2.32. The number of rotatable bonds is 7. The van der Waals surface area contributed by atoms with E-state index < -0.39 is 18.3 Å². The zero-order valence-corrected chi connectivity index (χ0v) is 19.0. The highest BCUT2D eigenvalue weighted by atomic mass is 79.9. The first kappa shape index (κ1) is 23.7. The summed E-state index contributed by atoms with van der Waals surface area (Å²) in [6.45, 7) is 3.14. The SMILES string of the molecule is CCC(=O)NCc1ccc(NC[C@](O)(c2cc(Br)cc(Br)c2)C(F)(F)F)cc1C. The number of aliphatic hydroxyl groups is 1. The molecule has 0 radical (unpaired) electrons. The summed E-state index contributed by atoms with van der Waals surface area (Å²) in [5, 5.41) is 16.0. The molecule has 29 heavy (non-hydrogen) atoms. The zero-order valence-electron chi connectivity index (χ0n) is 15.8. The fraction of sp³-hybridized carbons (Fsp3) is 0.350. The van der Waals surface area contributed by atoms with Crippen molar-refractivity contribution in [3.8, 4) is 0 Å². The first-order valence-electron chi connectivity index (χ1n) is 8.82. The Morgan fingerprint density at radius 2 is 1.72 bits per heavy atom. The van der Waals surface area contributed by atoms with Crippen LogP contribution in [0.1, 0.15) is 30.0 Å². The molecular formula is C20H21Br2F3N2O2. The number of hydrogen-bond acceptors (Lipinski definition) is 3. The number of amides is 1. The molecule has 1 amide bonds. The van der Waals surface area contributed by atoms with E-state index >= 15 is 0 Å².